The van der Waals surface area contributed by atoms with Crippen molar-refractivity contribution in [2.45, 2.75) is 25.1 Å². The standard InChI is InChI=1S/C9H16F3N3O/c10-9(11,12)8(16)14-7-1-4-15(5-2-7)6-3-13/h7H,1-6,13H2,(H,14,16). The summed E-state index contributed by atoms with van der Waals surface area (Å²) < 4.78 is 35.9. The number of rotatable bonds is 3. The molecule has 1 saturated heterocycles. The van der Waals surface area contributed by atoms with E-state index in [0.29, 0.717) is 32.5 Å². The molecule has 0 atom stereocenters. The molecule has 0 aromatic carbocycles. The van der Waals surface area contributed by atoms with Gasteiger partial charge in [0.25, 0.3) is 0 Å². The van der Waals surface area contributed by atoms with Crippen molar-refractivity contribution in [3.63, 3.8) is 0 Å². The number of halogens is 3. The van der Waals surface area contributed by atoms with Gasteiger partial charge in [-0.15, -0.1) is 0 Å². The third-order valence-corrected chi connectivity index (χ3v) is 2.63. The zero-order valence-corrected chi connectivity index (χ0v) is 8.89. The van der Waals surface area contributed by atoms with Crippen molar-refractivity contribution in [3.05, 3.63) is 0 Å². The summed E-state index contributed by atoms with van der Waals surface area (Å²) in [4.78, 5) is 12.7. The Morgan fingerprint density at radius 2 is 1.94 bits per heavy atom. The summed E-state index contributed by atoms with van der Waals surface area (Å²) in [6, 6.07) is -0.372. The minimum absolute atomic E-state index is 0.372. The Kier molecular flexibility index (Phi) is 4.55. The fourth-order valence-corrected chi connectivity index (χ4v) is 1.75. The van der Waals surface area contributed by atoms with Gasteiger partial charge in [0, 0.05) is 32.2 Å². The minimum atomic E-state index is -4.78. The monoisotopic (exact) mass is 239 g/mol. The molecule has 1 amide bonds. The van der Waals surface area contributed by atoms with Crippen LogP contribution in [0.4, 0.5) is 13.2 Å². The summed E-state index contributed by atoms with van der Waals surface area (Å²) in [5.74, 6) is -1.84. The topological polar surface area (TPSA) is 58.4 Å². The van der Waals surface area contributed by atoms with E-state index in [4.69, 9.17) is 5.73 Å². The number of alkyl halides is 3. The predicted molar refractivity (Wildman–Crippen MR) is 52.7 cm³/mol. The van der Waals surface area contributed by atoms with E-state index in [0.717, 1.165) is 6.54 Å². The Hall–Kier alpha value is -0.820. The first-order chi connectivity index (χ1) is 7.43. The van der Waals surface area contributed by atoms with Crippen LogP contribution in [0.15, 0.2) is 0 Å². The molecule has 0 saturated carbocycles. The van der Waals surface area contributed by atoms with Crippen LogP contribution in [0.25, 0.3) is 0 Å². The predicted octanol–water partition coefficient (Wildman–Crippen LogP) is 0.0880. The number of amides is 1. The molecule has 0 unspecified atom stereocenters. The number of likely N-dealkylation sites (tertiary alicyclic amines) is 1. The molecule has 0 aliphatic carbocycles. The molecule has 0 bridgehead atoms. The molecule has 0 aromatic heterocycles. The average Bonchev–Trinajstić information content (AvgIpc) is 2.20. The summed E-state index contributed by atoms with van der Waals surface area (Å²) in [6.45, 7) is 2.65. The largest absolute Gasteiger partial charge is 0.471 e. The van der Waals surface area contributed by atoms with Gasteiger partial charge in [0.15, 0.2) is 0 Å². The molecule has 1 rings (SSSR count). The van der Waals surface area contributed by atoms with Crippen LogP contribution in [0.5, 0.6) is 0 Å². The smallest absolute Gasteiger partial charge is 0.345 e. The van der Waals surface area contributed by atoms with Gasteiger partial charge < -0.3 is 16.0 Å². The van der Waals surface area contributed by atoms with Crippen molar-refractivity contribution in [1.29, 1.82) is 0 Å². The lowest BCUT2D eigenvalue weighted by molar-refractivity contribution is -0.174. The molecular weight excluding hydrogens is 223 g/mol. The molecule has 94 valence electrons. The van der Waals surface area contributed by atoms with Crippen LogP contribution in [0, 0.1) is 0 Å². The maximum atomic E-state index is 12.0. The van der Waals surface area contributed by atoms with Crippen molar-refractivity contribution >= 4 is 5.91 Å². The average molecular weight is 239 g/mol. The van der Waals surface area contributed by atoms with Crippen LogP contribution in [0.3, 0.4) is 0 Å². The second-order valence-electron chi connectivity index (χ2n) is 3.88. The normalized spacial score (nSPS) is 19.8. The maximum absolute atomic E-state index is 12.0. The lowest BCUT2D eigenvalue weighted by Crippen LogP contribution is -2.49. The van der Waals surface area contributed by atoms with E-state index < -0.39 is 12.1 Å². The van der Waals surface area contributed by atoms with Gasteiger partial charge >= 0.3 is 12.1 Å². The van der Waals surface area contributed by atoms with Crippen molar-refractivity contribution in [3.8, 4) is 0 Å². The quantitative estimate of drug-likeness (QED) is 0.733. The maximum Gasteiger partial charge on any atom is 0.471 e. The molecule has 0 spiro atoms. The highest BCUT2D eigenvalue weighted by molar-refractivity contribution is 5.81. The summed E-state index contributed by atoms with van der Waals surface area (Å²) in [5.41, 5.74) is 5.37. The molecule has 7 heteroatoms. The third kappa shape index (κ3) is 3.97. The van der Waals surface area contributed by atoms with Crippen molar-refractivity contribution < 1.29 is 18.0 Å². The molecular formula is C9H16F3N3O. The highest BCUT2D eigenvalue weighted by Crippen LogP contribution is 2.16. The summed E-state index contributed by atoms with van der Waals surface area (Å²) in [5, 5.41) is 2.00. The van der Waals surface area contributed by atoms with Crippen LogP contribution in [0.1, 0.15) is 12.8 Å². The SMILES string of the molecule is NCCN1CCC(NC(=O)C(F)(F)F)CC1. The van der Waals surface area contributed by atoms with E-state index in [1.54, 1.807) is 0 Å². The van der Waals surface area contributed by atoms with E-state index in [1.807, 2.05) is 5.32 Å². The highest BCUT2D eigenvalue weighted by Gasteiger charge is 2.39. The van der Waals surface area contributed by atoms with Gasteiger partial charge in [0.1, 0.15) is 0 Å². The van der Waals surface area contributed by atoms with Crippen LogP contribution >= 0.6 is 0 Å². The lowest BCUT2D eigenvalue weighted by atomic mass is 10.1. The van der Waals surface area contributed by atoms with Crippen LogP contribution in [-0.4, -0.2) is 49.2 Å². The molecule has 1 fully saturated rings. The van der Waals surface area contributed by atoms with E-state index in [-0.39, 0.29) is 6.04 Å². The molecule has 3 N–H and O–H groups in total. The third-order valence-electron chi connectivity index (χ3n) is 2.63. The van der Waals surface area contributed by atoms with Gasteiger partial charge in [0.05, 0.1) is 0 Å². The molecule has 1 aliphatic heterocycles. The Bertz CT molecular complexity index is 237. The number of nitrogens with one attached hydrogen (secondary N) is 1. The second-order valence-corrected chi connectivity index (χ2v) is 3.88. The van der Waals surface area contributed by atoms with Gasteiger partial charge in [-0.2, -0.15) is 13.2 Å². The Morgan fingerprint density at radius 1 is 1.38 bits per heavy atom. The van der Waals surface area contributed by atoms with E-state index >= 15 is 0 Å². The van der Waals surface area contributed by atoms with Crippen LogP contribution in [-0.2, 0) is 4.79 Å². The summed E-state index contributed by atoms with van der Waals surface area (Å²) >= 11 is 0. The van der Waals surface area contributed by atoms with Gasteiger partial charge in [-0.05, 0) is 12.8 Å². The fraction of sp³-hybridized carbons (Fsp3) is 0.889. The molecule has 1 heterocycles. The second kappa shape index (κ2) is 5.49. The number of nitrogens with two attached hydrogens (primary N) is 1. The van der Waals surface area contributed by atoms with E-state index in [2.05, 4.69) is 4.90 Å². The zero-order chi connectivity index (χ0) is 12.2. The first-order valence-corrected chi connectivity index (χ1v) is 5.23. The highest BCUT2D eigenvalue weighted by atomic mass is 19.4. The fourth-order valence-electron chi connectivity index (χ4n) is 1.75. The molecule has 0 aromatic rings. The molecule has 16 heavy (non-hydrogen) atoms. The first kappa shape index (κ1) is 13.2. The minimum Gasteiger partial charge on any atom is -0.345 e. The summed E-state index contributed by atoms with van der Waals surface area (Å²) in [6.07, 6.45) is -3.70. The van der Waals surface area contributed by atoms with Crippen molar-refractivity contribution in [1.82, 2.24) is 10.2 Å². The van der Waals surface area contributed by atoms with E-state index in [9.17, 15) is 18.0 Å². The van der Waals surface area contributed by atoms with Gasteiger partial charge in [-0.3, -0.25) is 4.79 Å². The van der Waals surface area contributed by atoms with Crippen LogP contribution < -0.4 is 11.1 Å². The number of carbonyl (C=O) groups is 1. The van der Waals surface area contributed by atoms with Gasteiger partial charge in [-0.1, -0.05) is 0 Å². The zero-order valence-electron chi connectivity index (χ0n) is 8.89. The van der Waals surface area contributed by atoms with Crippen LogP contribution in [0.2, 0.25) is 0 Å². The molecule has 1 aliphatic rings. The van der Waals surface area contributed by atoms with Crippen molar-refractivity contribution in [2.24, 2.45) is 5.73 Å². The number of piperidine rings is 1. The van der Waals surface area contributed by atoms with Gasteiger partial charge in [-0.25, -0.2) is 0 Å². The Labute approximate surface area is 92.0 Å². The number of hydrogen-bond acceptors (Lipinski definition) is 3. The first-order valence-electron chi connectivity index (χ1n) is 5.23. The molecule has 4 nitrogen and oxygen atoms in total. The Morgan fingerprint density at radius 3 is 2.38 bits per heavy atom. The summed E-state index contributed by atoms with van der Waals surface area (Å²) in [7, 11) is 0. The number of hydrogen-bond donors (Lipinski definition) is 2. The Balaban J connectivity index is 2.30. The molecule has 0 radical (unpaired) electrons. The van der Waals surface area contributed by atoms with E-state index in [1.165, 1.54) is 0 Å². The number of nitrogens with zero attached hydrogens (tertiary/aromatic N) is 1. The van der Waals surface area contributed by atoms with Gasteiger partial charge in [0.2, 0.25) is 0 Å². The lowest BCUT2D eigenvalue weighted by Gasteiger charge is -2.32. The number of carbonyl (C=O) groups excluding carboxylic acids is 1. The van der Waals surface area contributed by atoms with Crippen molar-refractivity contribution in [2.75, 3.05) is 26.2 Å².